The second-order valence-electron chi connectivity index (χ2n) is 12.1. The molecule has 0 aromatic carbocycles. The number of carboxylic acids is 2. The zero-order valence-electron chi connectivity index (χ0n) is 28.0. The first-order valence-corrected chi connectivity index (χ1v) is 17.9. The first kappa shape index (κ1) is 49.6. The molecule has 0 N–H and O–H groups in total. The van der Waals surface area contributed by atoms with Gasteiger partial charge >= 0.3 is 52.6 Å². The van der Waals surface area contributed by atoms with Gasteiger partial charge in [-0.1, -0.05) is 194 Å². The summed E-state index contributed by atoms with van der Waals surface area (Å²) in [6, 6.07) is 0. The van der Waals surface area contributed by atoms with E-state index in [1.54, 1.807) is 0 Å². The van der Waals surface area contributed by atoms with Crippen molar-refractivity contribution in [2.75, 3.05) is 0 Å². The van der Waals surface area contributed by atoms with Gasteiger partial charge in [0.2, 0.25) is 0 Å². The van der Waals surface area contributed by atoms with E-state index in [0.29, 0.717) is 0 Å². The molecule has 0 saturated carbocycles. The molecule has 0 heterocycles. The van der Waals surface area contributed by atoms with Crippen molar-refractivity contribution >= 4 is 64.5 Å². The van der Waals surface area contributed by atoms with Crippen LogP contribution in [0.25, 0.3) is 0 Å². The molecule has 42 heavy (non-hydrogen) atoms. The quantitative estimate of drug-likeness (QED) is 0.0559. The van der Waals surface area contributed by atoms with E-state index in [1.165, 1.54) is 167 Å². The van der Waals surface area contributed by atoms with Gasteiger partial charge in [0.05, 0.1) is 0 Å². The molecule has 0 spiro atoms. The summed E-state index contributed by atoms with van der Waals surface area (Å²) in [6.45, 7) is 4.53. The van der Waals surface area contributed by atoms with Gasteiger partial charge in [-0.3, -0.25) is 0 Å². The van der Waals surface area contributed by atoms with Gasteiger partial charge < -0.3 is 19.8 Å². The van der Waals surface area contributed by atoms with Crippen molar-refractivity contribution in [3.63, 3.8) is 0 Å². The Morgan fingerprint density at radius 2 is 0.476 bits per heavy atom. The Hall–Kier alpha value is 0.706. The van der Waals surface area contributed by atoms with E-state index in [4.69, 9.17) is 0 Å². The molecule has 0 atom stereocenters. The Kier molecular flexibility index (Phi) is 54.5. The predicted octanol–water partition coefficient (Wildman–Crippen LogP) is 8.97. The third-order valence-electron chi connectivity index (χ3n) is 7.97. The summed E-state index contributed by atoms with van der Waals surface area (Å²) in [5.41, 5.74) is 0. The number of carbonyl (C=O) groups is 2. The van der Waals surface area contributed by atoms with Crippen LogP contribution in [0.2, 0.25) is 0 Å². The molecule has 0 aliphatic rings. The number of hydrogen-bond acceptors (Lipinski definition) is 4. The molecule has 0 rings (SSSR count). The van der Waals surface area contributed by atoms with Crippen LogP contribution in [0.3, 0.4) is 0 Å². The normalized spacial score (nSPS) is 10.3. The van der Waals surface area contributed by atoms with E-state index in [2.05, 4.69) is 13.8 Å². The van der Waals surface area contributed by atoms with E-state index in [1.807, 2.05) is 0 Å². The van der Waals surface area contributed by atoms with Gasteiger partial charge in [0, 0.05) is 11.9 Å². The van der Waals surface area contributed by atoms with Gasteiger partial charge in [0.1, 0.15) is 0 Å². The monoisotopic (exact) mass is 615 g/mol. The van der Waals surface area contributed by atoms with Crippen molar-refractivity contribution in [2.45, 2.75) is 219 Å². The van der Waals surface area contributed by atoms with Gasteiger partial charge in [-0.25, -0.2) is 0 Å². The predicted molar refractivity (Wildman–Crippen MR) is 182 cm³/mol. The summed E-state index contributed by atoms with van der Waals surface area (Å²) < 4.78 is 0. The molecule has 6 heteroatoms. The molecule has 0 aromatic heterocycles. The van der Waals surface area contributed by atoms with Crippen molar-refractivity contribution in [2.24, 2.45) is 0 Å². The van der Waals surface area contributed by atoms with Gasteiger partial charge in [-0.2, -0.15) is 0 Å². The summed E-state index contributed by atoms with van der Waals surface area (Å²) in [5.74, 6) is -1.81. The molecule has 0 bridgehead atoms. The molecule has 0 radical (unpaired) electrons. The van der Waals surface area contributed by atoms with Crippen molar-refractivity contribution in [3.05, 3.63) is 0 Å². The zero-order chi connectivity index (χ0) is 29.8. The Morgan fingerprint density at radius 3 is 0.619 bits per heavy atom. The summed E-state index contributed by atoms with van der Waals surface area (Å²) in [4.78, 5) is 20.4. The first-order chi connectivity index (χ1) is 19.5. The minimum atomic E-state index is -0.903. The number of carboxylic acid groups (broad SMARTS) is 2. The maximum absolute atomic E-state index is 10.2. The Bertz CT molecular complexity index is 461. The Balaban J connectivity index is -0.000000328. The van der Waals surface area contributed by atoms with Crippen LogP contribution in [-0.2, 0) is 9.59 Å². The number of unbranched alkanes of at least 4 members (excludes halogenated alkanes) is 28. The summed E-state index contributed by atoms with van der Waals surface area (Å²) in [7, 11) is 0. The fraction of sp³-hybridized carbons (Fsp3) is 0.944. The Morgan fingerprint density at radius 1 is 0.333 bits per heavy atom. The molecule has 0 amide bonds. The van der Waals surface area contributed by atoms with E-state index in [0.717, 1.165) is 25.7 Å². The van der Waals surface area contributed by atoms with E-state index >= 15 is 0 Å². The van der Waals surface area contributed by atoms with Gasteiger partial charge in [0.25, 0.3) is 0 Å². The molecule has 0 aliphatic carbocycles. The van der Waals surface area contributed by atoms with Crippen LogP contribution in [0.4, 0.5) is 0 Å². The minimum absolute atomic E-state index is 0. The number of aliphatic carboxylic acids is 2. The second kappa shape index (κ2) is 46.1. The van der Waals surface area contributed by atoms with Crippen LogP contribution >= 0.6 is 0 Å². The number of hydrogen-bond donors (Lipinski definition) is 0. The second-order valence-corrected chi connectivity index (χ2v) is 12.1. The van der Waals surface area contributed by atoms with E-state index in [-0.39, 0.29) is 65.5 Å². The number of carbonyl (C=O) groups excluding carboxylic acids is 2. The van der Waals surface area contributed by atoms with Crippen LogP contribution in [0.5, 0.6) is 0 Å². The van der Waals surface area contributed by atoms with Gasteiger partial charge in [-0.15, -0.1) is 0 Å². The molecule has 4 nitrogen and oxygen atoms in total. The number of rotatable bonds is 32. The fourth-order valence-corrected chi connectivity index (χ4v) is 5.28. The van der Waals surface area contributed by atoms with Crippen molar-refractivity contribution in [3.8, 4) is 0 Å². The SMILES string of the molecule is CCCCCCCCCCCCCCCCCC(=O)[O-].CCCCCCCCCCCCCCCCCC(=O)[O-].[Mg+2].[NaH]. The van der Waals surface area contributed by atoms with Crippen LogP contribution in [-0.4, -0.2) is 64.5 Å². The van der Waals surface area contributed by atoms with Crippen molar-refractivity contribution < 1.29 is 19.8 Å². The molecule has 242 valence electrons. The first-order valence-electron chi connectivity index (χ1n) is 17.9. The maximum atomic E-state index is 10.2. The molecular formula is C36H71MgNaO4. The van der Waals surface area contributed by atoms with E-state index < -0.39 is 11.9 Å². The summed E-state index contributed by atoms with van der Waals surface area (Å²) in [5, 5.41) is 20.4. The molecule has 0 aliphatic heterocycles. The topological polar surface area (TPSA) is 80.3 Å². The molecule has 0 aromatic rings. The third-order valence-corrected chi connectivity index (χ3v) is 7.97. The standard InChI is InChI=1S/2C18H36O2.Mg.Na.H/c2*1-2-3-4-5-6-7-8-9-10-11-12-13-14-15-16-17-18(19)20;;;/h2*2-17H2,1H3,(H,19,20);;;/q;;+2;;/p-2. The van der Waals surface area contributed by atoms with Crippen LogP contribution in [0.15, 0.2) is 0 Å². The third kappa shape index (κ3) is 53.3. The average Bonchev–Trinajstić information content (AvgIpc) is 2.93. The van der Waals surface area contributed by atoms with Crippen LogP contribution < -0.4 is 10.2 Å². The van der Waals surface area contributed by atoms with Crippen LogP contribution in [0, 0.1) is 0 Å². The average molecular weight is 615 g/mol. The molecule has 0 fully saturated rings. The Labute approximate surface area is 301 Å². The zero-order valence-corrected chi connectivity index (χ0v) is 29.4. The summed E-state index contributed by atoms with van der Waals surface area (Å²) in [6.07, 6.45) is 39.7. The van der Waals surface area contributed by atoms with Gasteiger partial charge in [-0.05, 0) is 25.7 Å². The fourth-order valence-electron chi connectivity index (χ4n) is 5.28. The molecule has 0 unspecified atom stereocenters. The molecule has 0 saturated heterocycles. The summed E-state index contributed by atoms with van der Waals surface area (Å²) >= 11 is 0. The van der Waals surface area contributed by atoms with Crippen molar-refractivity contribution in [1.82, 2.24) is 0 Å². The van der Waals surface area contributed by atoms with E-state index in [9.17, 15) is 19.8 Å². The van der Waals surface area contributed by atoms with Crippen molar-refractivity contribution in [1.29, 1.82) is 0 Å². The van der Waals surface area contributed by atoms with Gasteiger partial charge in [0.15, 0.2) is 0 Å². The molecular weight excluding hydrogens is 544 g/mol. The van der Waals surface area contributed by atoms with Crippen LogP contribution in [0.1, 0.15) is 219 Å².